The number of hydrogen-bond acceptors (Lipinski definition) is 8. The maximum Gasteiger partial charge on any atom is 0.277 e. The van der Waals surface area contributed by atoms with Gasteiger partial charge in [0.05, 0.1) is 26.6 Å². The Morgan fingerprint density at radius 1 is 1.07 bits per heavy atom. The van der Waals surface area contributed by atoms with E-state index in [1.165, 1.54) is 18.9 Å². The van der Waals surface area contributed by atoms with Crippen LogP contribution in [-0.2, 0) is 11.2 Å². The third-order valence-corrected chi connectivity index (χ3v) is 5.91. The largest absolute Gasteiger partial charge is 0.493 e. The Kier molecular flexibility index (Phi) is 5.80. The Morgan fingerprint density at radius 2 is 1.80 bits per heavy atom. The van der Waals surface area contributed by atoms with Gasteiger partial charge in [0.2, 0.25) is 17.5 Å². The Labute approximate surface area is 177 Å². The van der Waals surface area contributed by atoms with Gasteiger partial charge in [0, 0.05) is 11.3 Å². The number of aromatic nitrogens is 2. The van der Waals surface area contributed by atoms with Gasteiger partial charge in [0.25, 0.3) is 5.22 Å². The molecule has 0 radical (unpaired) electrons. The highest BCUT2D eigenvalue weighted by Crippen LogP contribution is 2.41. The minimum atomic E-state index is -0.328. The van der Waals surface area contributed by atoms with Gasteiger partial charge < -0.3 is 23.9 Å². The lowest BCUT2D eigenvalue weighted by atomic mass is 10.1. The number of ether oxygens (including phenoxy) is 3. The smallest absolute Gasteiger partial charge is 0.277 e. The van der Waals surface area contributed by atoms with E-state index < -0.39 is 0 Å². The minimum absolute atomic E-state index is 0.0718. The zero-order valence-electron chi connectivity index (χ0n) is 16.8. The number of anilines is 1. The van der Waals surface area contributed by atoms with Gasteiger partial charge in [0.15, 0.2) is 11.5 Å². The molecule has 0 fully saturated rings. The molecule has 0 bridgehead atoms. The van der Waals surface area contributed by atoms with Crippen LogP contribution < -0.4 is 19.5 Å². The fourth-order valence-corrected chi connectivity index (χ4v) is 4.16. The summed E-state index contributed by atoms with van der Waals surface area (Å²) in [4.78, 5) is 12.6. The summed E-state index contributed by atoms with van der Waals surface area (Å²) in [7, 11) is 4.62. The van der Waals surface area contributed by atoms with E-state index in [0.29, 0.717) is 40.3 Å². The number of thioether (sulfide) groups is 1. The van der Waals surface area contributed by atoms with E-state index >= 15 is 0 Å². The zero-order chi connectivity index (χ0) is 21.1. The van der Waals surface area contributed by atoms with E-state index in [2.05, 4.69) is 15.5 Å². The summed E-state index contributed by atoms with van der Waals surface area (Å²) in [5, 5.41) is 11.2. The summed E-state index contributed by atoms with van der Waals surface area (Å²) in [6, 6.07) is 11.3. The molecule has 1 unspecified atom stereocenters. The Morgan fingerprint density at radius 3 is 2.50 bits per heavy atom. The van der Waals surface area contributed by atoms with E-state index in [0.717, 1.165) is 17.7 Å². The Hall–Kier alpha value is -3.20. The molecular formula is C21H21N3O5S. The van der Waals surface area contributed by atoms with Gasteiger partial charge in [0.1, 0.15) is 0 Å². The zero-order valence-corrected chi connectivity index (χ0v) is 17.6. The first-order valence-electron chi connectivity index (χ1n) is 9.32. The van der Waals surface area contributed by atoms with Crippen molar-refractivity contribution in [1.29, 1.82) is 0 Å². The van der Waals surface area contributed by atoms with Gasteiger partial charge >= 0.3 is 0 Å². The normalized spacial score (nSPS) is 15.7. The summed E-state index contributed by atoms with van der Waals surface area (Å²) >= 11 is 1.26. The Balaban J connectivity index is 1.54. The van der Waals surface area contributed by atoms with Gasteiger partial charge in [-0.3, -0.25) is 4.79 Å². The van der Waals surface area contributed by atoms with E-state index in [1.807, 2.05) is 24.3 Å². The summed E-state index contributed by atoms with van der Waals surface area (Å²) in [6.45, 7) is 0. The fraction of sp³-hybridized carbons (Fsp3) is 0.286. The molecule has 4 rings (SSSR count). The lowest BCUT2D eigenvalue weighted by Crippen LogP contribution is -2.23. The number of nitrogens with zero attached hydrogens (tertiary/aromatic N) is 2. The number of amides is 1. The molecule has 0 saturated heterocycles. The van der Waals surface area contributed by atoms with Crippen LogP contribution in [0.15, 0.2) is 46.0 Å². The van der Waals surface area contributed by atoms with Gasteiger partial charge in [-0.1, -0.05) is 30.0 Å². The number of methoxy groups -OCH3 is 3. The number of benzene rings is 2. The number of carbonyl (C=O) groups excluding carboxylic acids is 1. The molecule has 1 amide bonds. The average Bonchev–Trinajstić information content (AvgIpc) is 3.18. The quantitative estimate of drug-likeness (QED) is 0.635. The molecular weight excluding hydrogens is 406 g/mol. The first-order chi connectivity index (χ1) is 14.6. The van der Waals surface area contributed by atoms with Gasteiger partial charge in [-0.05, 0) is 36.6 Å². The summed E-state index contributed by atoms with van der Waals surface area (Å²) < 4.78 is 21.9. The van der Waals surface area contributed by atoms with E-state index in [-0.39, 0.29) is 11.2 Å². The minimum Gasteiger partial charge on any atom is -0.493 e. The van der Waals surface area contributed by atoms with Gasteiger partial charge in [-0.25, -0.2) is 0 Å². The fourth-order valence-electron chi connectivity index (χ4n) is 3.30. The molecule has 30 heavy (non-hydrogen) atoms. The molecule has 0 spiro atoms. The predicted octanol–water partition coefficient (Wildman–Crippen LogP) is 3.81. The second kappa shape index (κ2) is 8.66. The number of rotatable bonds is 6. The van der Waals surface area contributed by atoms with Crippen molar-refractivity contribution in [2.75, 3.05) is 26.6 Å². The molecule has 9 heteroatoms. The number of para-hydroxylation sites is 1. The summed E-state index contributed by atoms with van der Waals surface area (Å²) in [6.07, 6.45) is 1.47. The Bertz CT molecular complexity index is 1040. The molecule has 0 saturated carbocycles. The molecule has 3 aromatic rings. The van der Waals surface area contributed by atoms with Gasteiger partial charge in [-0.15, -0.1) is 10.2 Å². The molecule has 1 aromatic heterocycles. The lowest BCUT2D eigenvalue weighted by molar-refractivity contribution is -0.115. The number of aryl methyl sites for hydroxylation is 1. The van der Waals surface area contributed by atoms with Crippen LogP contribution in [0.1, 0.15) is 12.0 Å². The molecule has 8 nitrogen and oxygen atoms in total. The number of nitrogens with one attached hydrogen (secondary N) is 1. The molecule has 1 aliphatic heterocycles. The summed E-state index contributed by atoms with van der Waals surface area (Å²) in [5.41, 5.74) is 2.61. The van der Waals surface area contributed by atoms with Crippen molar-refractivity contribution < 1.29 is 23.4 Å². The number of hydrogen-bond donors (Lipinski definition) is 1. The van der Waals surface area contributed by atoms with Crippen LogP contribution in [0.3, 0.4) is 0 Å². The molecule has 2 heterocycles. The van der Waals surface area contributed by atoms with E-state index in [9.17, 15) is 4.79 Å². The standard InChI is InChI=1S/C21H21N3O5S/c1-26-15-10-13(11-16(27-2)18(15)28-3)20-23-24-21(29-20)30-17-9-8-12-6-4-5-7-14(12)22-19(17)25/h4-7,10-11,17H,8-9H2,1-3H3,(H,22,25). The monoisotopic (exact) mass is 427 g/mol. The number of fused-ring (bicyclic) bond motifs is 1. The SMILES string of the molecule is COc1cc(-c2nnc(SC3CCc4ccccc4NC3=O)o2)cc(OC)c1OC. The maximum atomic E-state index is 12.6. The van der Waals surface area contributed by atoms with Crippen molar-refractivity contribution in [1.82, 2.24) is 10.2 Å². The van der Waals surface area contributed by atoms with Crippen molar-refractivity contribution in [2.45, 2.75) is 23.3 Å². The molecule has 0 aliphatic carbocycles. The maximum absolute atomic E-state index is 12.6. The highest BCUT2D eigenvalue weighted by atomic mass is 32.2. The average molecular weight is 427 g/mol. The third kappa shape index (κ3) is 3.93. The molecule has 1 N–H and O–H groups in total. The van der Waals surface area contributed by atoms with Crippen molar-refractivity contribution in [3.63, 3.8) is 0 Å². The second-order valence-electron chi connectivity index (χ2n) is 6.58. The predicted molar refractivity (Wildman–Crippen MR) is 112 cm³/mol. The topological polar surface area (TPSA) is 95.7 Å². The van der Waals surface area contributed by atoms with Crippen LogP contribution in [0.2, 0.25) is 0 Å². The van der Waals surface area contributed by atoms with Crippen LogP contribution in [-0.4, -0.2) is 42.7 Å². The summed E-state index contributed by atoms with van der Waals surface area (Å²) in [5.74, 6) is 1.68. The van der Waals surface area contributed by atoms with E-state index in [4.69, 9.17) is 18.6 Å². The second-order valence-corrected chi connectivity index (χ2v) is 7.73. The lowest BCUT2D eigenvalue weighted by Gasteiger charge is -2.12. The number of carbonyl (C=O) groups is 1. The molecule has 1 atom stereocenters. The molecule has 2 aromatic carbocycles. The van der Waals surface area contributed by atoms with Crippen LogP contribution in [0.4, 0.5) is 5.69 Å². The highest BCUT2D eigenvalue weighted by Gasteiger charge is 2.27. The van der Waals surface area contributed by atoms with Crippen molar-refractivity contribution >= 4 is 23.4 Å². The van der Waals surface area contributed by atoms with Crippen LogP contribution >= 0.6 is 11.8 Å². The van der Waals surface area contributed by atoms with Crippen LogP contribution in [0.5, 0.6) is 17.2 Å². The van der Waals surface area contributed by atoms with Gasteiger partial charge in [-0.2, -0.15) is 0 Å². The molecule has 1 aliphatic rings. The molecule has 156 valence electrons. The van der Waals surface area contributed by atoms with Crippen molar-refractivity contribution in [2.24, 2.45) is 0 Å². The van der Waals surface area contributed by atoms with Crippen LogP contribution in [0.25, 0.3) is 11.5 Å². The van der Waals surface area contributed by atoms with Crippen LogP contribution in [0, 0.1) is 0 Å². The highest BCUT2D eigenvalue weighted by molar-refractivity contribution is 8.00. The third-order valence-electron chi connectivity index (χ3n) is 4.80. The van der Waals surface area contributed by atoms with Crippen molar-refractivity contribution in [3.05, 3.63) is 42.0 Å². The first kappa shape index (κ1) is 20.1. The van der Waals surface area contributed by atoms with E-state index in [1.54, 1.807) is 26.4 Å². The van der Waals surface area contributed by atoms with Crippen molar-refractivity contribution in [3.8, 4) is 28.7 Å². The first-order valence-corrected chi connectivity index (χ1v) is 10.2.